The second-order valence-corrected chi connectivity index (χ2v) is 7.35. The van der Waals surface area contributed by atoms with Gasteiger partial charge in [0.2, 0.25) is 0 Å². The summed E-state index contributed by atoms with van der Waals surface area (Å²) in [5.74, 6) is 2.48. The Morgan fingerprint density at radius 3 is 2.48 bits per heavy atom. The van der Waals surface area contributed by atoms with Crippen LogP contribution in [0.4, 0.5) is 5.69 Å². The number of amides is 1. The highest BCUT2D eigenvalue weighted by molar-refractivity contribution is 6.04. The monoisotopic (exact) mass is 361 g/mol. The van der Waals surface area contributed by atoms with Gasteiger partial charge >= 0.3 is 0 Å². The molecule has 27 heavy (non-hydrogen) atoms. The van der Waals surface area contributed by atoms with Crippen molar-refractivity contribution >= 4 is 11.6 Å². The molecular formula is C23H27N3O. The Bertz CT molecular complexity index is 874. The zero-order chi connectivity index (χ0) is 19.4. The first-order chi connectivity index (χ1) is 13.0. The molecule has 1 saturated heterocycles. The van der Waals surface area contributed by atoms with E-state index in [9.17, 15) is 4.79 Å². The van der Waals surface area contributed by atoms with E-state index >= 15 is 0 Å². The summed E-state index contributed by atoms with van der Waals surface area (Å²) in [5, 5.41) is 2.98. The molecule has 1 fully saturated rings. The first-order valence-corrected chi connectivity index (χ1v) is 9.35. The van der Waals surface area contributed by atoms with E-state index in [2.05, 4.69) is 41.1 Å². The summed E-state index contributed by atoms with van der Waals surface area (Å²) in [7, 11) is 2.17. The number of carbonyl (C=O) groups is 1. The molecule has 1 heterocycles. The lowest BCUT2D eigenvalue weighted by Crippen LogP contribution is -2.43. The third-order valence-corrected chi connectivity index (χ3v) is 5.25. The van der Waals surface area contributed by atoms with Crippen LogP contribution in [0.15, 0.2) is 36.4 Å². The van der Waals surface area contributed by atoms with Gasteiger partial charge in [-0.25, -0.2) is 0 Å². The highest BCUT2D eigenvalue weighted by atomic mass is 16.1. The maximum atomic E-state index is 12.5. The molecule has 1 N–H and O–H groups in total. The molecule has 4 nitrogen and oxygen atoms in total. The number of nitrogens with one attached hydrogen (secondary N) is 1. The van der Waals surface area contributed by atoms with Crippen molar-refractivity contribution in [3.05, 3.63) is 64.2 Å². The largest absolute Gasteiger partial charge is 0.322 e. The third kappa shape index (κ3) is 4.77. The van der Waals surface area contributed by atoms with Crippen LogP contribution in [-0.4, -0.2) is 48.9 Å². The molecule has 1 aliphatic rings. The molecule has 2 aromatic rings. The summed E-state index contributed by atoms with van der Waals surface area (Å²) in [6, 6.07) is 11.6. The average Bonchev–Trinajstić information content (AvgIpc) is 2.66. The van der Waals surface area contributed by atoms with E-state index in [-0.39, 0.29) is 5.91 Å². The minimum Gasteiger partial charge on any atom is -0.322 e. The predicted molar refractivity (Wildman–Crippen MR) is 111 cm³/mol. The van der Waals surface area contributed by atoms with Gasteiger partial charge in [0, 0.05) is 49.5 Å². The van der Waals surface area contributed by atoms with Crippen molar-refractivity contribution in [2.24, 2.45) is 0 Å². The minimum atomic E-state index is -0.141. The summed E-state index contributed by atoms with van der Waals surface area (Å²) in [6.45, 7) is 9.42. The summed E-state index contributed by atoms with van der Waals surface area (Å²) in [4.78, 5) is 17.4. The van der Waals surface area contributed by atoms with Crippen LogP contribution in [0.3, 0.4) is 0 Å². The SMILES string of the molecule is C#Cc1cc(C(=O)Nc2ccc(CN3CCN(C)CC3)c(C)c2)ccc1C. The number of anilines is 1. The van der Waals surface area contributed by atoms with E-state index in [0.29, 0.717) is 5.56 Å². The molecule has 0 aliphatic carbocycles. The Morgan fingerprint density at radius 2 is 1.81 bits per heavy atom. The van der Waals surface area contributed by atoms with Crippen LogP contribution < -0.4 is 5.32 Å². The van der Waals surface area contributed by atoms with Gasteiger partial charge < -0.3 is 10.2 Å². The molecule has 2 aromatic carbocycles. The second kappa shape index (κ2) is 8.39. The molecular weight excluding hydrogens is 334 g/mol. The Balaban J connectivity index is 1.67. The van der Waals surface area contributed by atoms with Crippen LogP contribution in [0.25, 0.3) is 0 Å². The zero-order valence-corrected chi connectivity index (χ0v) is 16.4. The van der Waals surface area contributed by atoms with Gasteiger partial charge in [0.05, 0.1) is 0 Å². The van der Waals surface area contributed by atoms with Crippen molar-refractivity contribution in [3.63, 3.8) is 0 Å². The number of aryl methyl sites for hydroxylation is 2. The van der Waals surface area contributed by atoms with E-state index in [1.165, 1.54) is 11.1 Å². The lowest BCUT2D eigenvalue weighted by Gasteiger charge is -2.32. The molecule has 0 radical (unpaired) electrons. The molecule has 0 spiro atoms. The molecule has 0 saturated carbocycles. The summed E-state index contributed by atoms with van der Waals surface area (Å²) < 4.78 is 0. The average molecular weight is 361 g/mol. The topological polar surface area (TPSA) is 35.6 Å². The van der Waals surface area contributed by atoms with Gasteiger partial charge in [-0.05, 0) is 61.9 Å². The molecule has 0 unspecified atom stereocenters. The van der Waals surface area contributed by atoms with Crippen LogP contribution in [-0.2, 0) is 6.54 Å². The fourth-order valence-corrected chi connectivity index (χ4v) is 3.32. The highest BCUT2D eigenvalue weighted by Gasteiger charge is 2.15. The summed E-state index contributed by atoms with van der Waals surface area (Å²) in [5.41, 5.74) is 5.64. The van der Waals surface area contributed by atoms with Crippen LogP contribution in [0, 0.1) is 26.2 Å². The van der Waals surface area contributed by atoms with Gasteiger partial charge in [-0.3, -0.25) is 9.69 Å². The van der Waals surface area contributed by atoms with Crippen LogP contribution in [0.2, 0.25) is 0 Å². The lowest BCUT2D eigenvalue weighted by atomic mass is 10.0. The number of terminal acetylenes is 1. The number of nitrogens with zero attached hydrogens (tertiary/aromatic N) is 2. The van der Waals surface area contributed by atoms with E-state index in [0.717, 1.165) is 49.5 Å². The number of carbonyl (C=O) groups excluding carboxylic acids is 1. The van der Waals surface area contributed by atoms with Crippen molar-refractivity contribution < 1.29 is 4.79 Å². The number of hydrogen-bond acceptors (Lipinski definition) is 3. The number of likely N-dealkylation sites (N-methyl/N-ethyl adjacent to an activating group) is 1. The molecule has 140 valence electrons. The second-order valence-electron chi connectivity index (χ2n) is 7.35. The highest BCUT2D eigenvalue weighted by Crippen LogP contribution is 2.19. The van der Waals surface area contributed by atoms with Crippen LogP contribution in [0.5, 0.6) is 0 Å². The molecule has 0 atom stereocenters. The van der Waals surface area contributed by atoms with Gasteiger partial charge in [0.15, 0.2) is 0 Å². The van der Waals surface area contributed by atoms with Crippen molar-refractivity contribution in [1.29, 1.82) is 0 Å². The molecule has 3 rings (SSSR count). The lowest BCUT2D eigenvalue weighted by molar-refractivity contribution is 0.102. The number of rotatable bonds is 4. The fourth-order valence-electron chi connectivity index (χ4n) is 3.32. The molecule has 0 aromatic heterocycles. The van der Waals surface area contributed by atoms with Gasteiger partial charge in [-0.2, -0.15) is 0 Å². The van der Waals surface area contributed by atoms with Crippen LogP contribution >= 0.6 is 0 Å². The molecule has 0 bridgehead atoms. The zero-order valence-electron chi connectivity index (χ0n) is 16.4. The Labute approximate surface area is 162 Å². The molecule has 1 amide bonds. The normalized spacial score (nSPS) is 15.3. The number of piperazine rings is 1. The Morgan fingerprint density at radius 1 is 1.07 bits per heavy atom. The molecule has 1 aliphatic heterocycles. The maximum absolute atomic E-state index is 12.5. The van der Waals surface area contributed by atoms with Crippen molar-refractivity contribution in [3.8, 4) is 12.3 Å². The van der Waals surface area contributed by atoms with Gasteiger partial charge in [-0.15, -0.1) is 6.42 Å². The van der Waals surface area contributed by atoms with Gasteiger partial charge in [0.1, 0.15) is 0 Å². The minimum absolute atomic E-state index is 0.141. The molecule has 4 heteroatoms. The first kappa shape index (κ1) is 19.2. The quantitative estimate of drug-likeness (QED) is 0.849. The van der Waals surface area contributed by atoms with E-state index in [1.54, 1.807) is 12.1 Å². The van der Waals surface area contributed by atoms with Crippen molar-refractivity contribution in [2.45, 2.75) is 20.4 Å². The van der Waals surface area contributed by atoms with Crippen LogP contribution in [0.1, 0.15) is 32.6 Å². The third-order valence-electron chi connectivity index (χ3n) is 5.25. The standard InChI is InChI=1S/C23H27N3O/c1-5-19-15-20(7-6-17(19)2)23(27)24-22-9-8-21(18(3)14-22)16-26-12-10-25(4)11-13-26/h1,6-9,14-15H,10-13,16H2,2-4H3,(H,24,27). The summed E-state index contributed by atoms with van der Waals surface area (Å²) in [6.07, 6.45) is 5.50. The number of benzene rings is 2. The summed E-state index contributed by atoms with van der Waals surface area (Å²) >= 11 is 0. The van der Waals surface area contributed by atoms with Crippen molar-refractivity contribution in [1.82, 2.24) is 9.80 Å². The smallest absolute Gasteiger partial charge is 0.255 e. The Hall–Kier alpha value is -2.61. The van der Waals surface area contributed by atoms with Crippen molar-refractivity contribution in [2.75, 3.05) is 38.5 Å². The maximum Gasteiger partial charge on any atom is 0.255 e. The fraction of sp³-hybridized carbons (Fsp3) is 0.348. The first-order valence-electron chi connectivity index (χ1n) is 9.35. The predicted octanol–water partition coefficient (Wildman–Crippen LogP) is 3.28. The van der Waals surface area contributed by atoms with E-state index in [1.807, 2.05) is 25.1 Å². The van der Waals surface area contributed by atoms with Gasteiger partial charge in [-0.1, -0.05) is 18.1 Å². The van der Waals surface area contributed by atoms with E-state index in [4.69, 9.17) is 6.42 Å². The Kier molecular flexibility index (Phi) is 5.95. The van der Waals surface area contributed by atoms with Gasteiger partial charge in [0.25, 0.3) is 5.91 Å². The number of hydrogen-bond donors (Lipinski definition) is 1. The van der Waals surface area contributed by atoms with E-state index < -0.39 is 0 Å².